The highest BCUT2D eigenvalue weighted by Gasteiger charge is 2.61. The number of hydrogen-bond donors (Lipinski definition) is 3. The molecule has 0 bridgehead atoms. The zero-order valence-corrected chi connectivity index (χ0v) is 73.9. The van der Waals surface area contributed by atoms with E-state index in [9.17, 15) is 21.3 Å². The van der Waals surface area contributed by atoms with Crippen molar-refractivity contribution in [3.05, 3.63) is 236 Å². The topological polar surface area (TPSA) is 346 Å². The number of ether oxygens (including phenoxy) is 20. The van der Waals surface area contributed by atoms with Crippen molar-refractivity contribution in [2.45, 2.75) is 292 Å². The molecule has 0 aliphatic carbocycles. The number of rotatable bonds is 30. The molecule has 0 aromatic heterocycles. The lowest BCUT2D eigenvalue weighted by molar-refractivity contribution is -0.352. The Kier molecular flexibility index (Phi) is 36.2. The monoisotopic (exact) mass is 1770 g/mol. The van der Waals surface area contributed by atoms with E-state index >= 15 is 0 Å². The van der Waals surface area contributed by atoms with Crippen molar-refractivity contribution < 1.29 is 106 Å². The number of benzene rings is 6. The number of hydrogen-bond acceptors (Lipinski definition) is 25. The number of aliphatic hydroxyl groups excluding tert-OH is 2. The van der Waals surface area contributed by atoms with Gasteiger partial charge in [-0.25, -0.2) is 0 Å². The predicted octanol–water partition coefficient (Wildman–Crippen LogP) is 16.3. The number of halogens is 3. The molecule has 0 radical (unpaired) electrons. The molecule has 123 heavy (non-hydrogen) atoms. The Morgan fingerprint density at radius 3 is 1.01 bits per heavy atom. The van der Waals surface area contributed by atoms with Crippen molar-refractivity contribution in [1.82, 2.24) is 0 Å². The van der Waals surface area contributed by atoms with Crippen LogP contribution in [0.2, 0.25) is 0 Å². The van der Waals surface area contributed by atoms with Crippen LogP contribution in [0.5, 0.6) is 0 Å². The van der Waals surface area contributed by atoms with Gasteiger partial charge in [0.15, 0.2) is 49.3 Å². The molecule has 29 nitrogen and oxygen atoms in total. The van der Waals surface area contributed by atoms with Crippen LogP contribution < -0.4 is 0 Å². The fraction of sp³-hybridized carbons (Fsp3) is 0.593. The highest BCUT2D eigenvalue weighted by atomic mass is 35.6. The van der Waals surface area contributed by atoms with E-state index < -0.39 is 150 Å². The van der Waals surface area contributed by atoms with Crippen LogP contribution >= 0.6 is 34.8 Å². The Labute approximate surface area is 737 Å². The lowest BCUT2D eigenvalue weighted by Gasteiger charge is -2.47. The van der Waals surface area contributed by atoms with E-state index in [2.05, 4.69) is 20.1 Å². The highest BCUT2D eigenvalue weighted by molar-refractivity contribution is 6.76. The molecule has 28 atom stereocenters. The minimum absolute atomic E-state index is 0.0394. The molecule has 8 heterocycles. The van der Waals surface area contributed by atoms with Crippen LogP contribution in [-0.4, -0.2) is 205 Å². The van der Waals surface area contributed by atoms with E-state index in [0.717, 1.165) is 33.4 Å². The van der Waals surface area contributed by atoms with Gasteiger partial charge in [-0.2, -0.15) is 0 Å². The van der Waals surface area contributed by atoms with Gasteiger partial charge in [-0.05, 0) is 105 Å². The van der Waals surface area contributed by atoms with E-state index in [4.69, 9.17) is 136 Å². The molecular formula is C91H120Cl3N7O22. The Morgan fingerprint density at radius 2 is 0.715 bits per heavy atom. The maximum atomic E-state index is 11.3. The van der Waals surface area contributed by atoms with Gasteiger partial charge < -0.3 is 110 Å². The van der Waals surface area contributed by atoms with Gasteiger partial charge in [0.2, 0.25) is 3.79 Å². The van der Waals surface area contributed by atoms with Crippen LogP contribution in [-0.2, 0) is 134 Å². The molecule has 8 saturated heterocycles. The summed E-state index contributed by atoms with van der Waals surface area (Å²) in [4.78, 5) is 6.16. The number of azide groups is 2. The Hall–Kier alpha value is -6.40. The van der Waals surface area contributed by atoms with Crippen LogP contribution in [0.25, 0.3) is 20.9 Å². The third kappa shape index (κ3) is 26.9. The van der Waals surface area contributed by atoms with Gasteiger partial charge >= 0.3 is 0 Å². The summed E-state index contributed by atoms with van der Waals surface area (Å²) in [5.74, 6) is -3.42. The maximum absolute atomic E-state index is 11.3. The fourth-order valence-electron chi connectivity index (χ4n) is 16.3. The van der Waals surface area contributed by atoms with E-state index in [-0.39, 0.29) is 68.4 Å². The summed E-state index contributed by atoms with van der Waals surface area (Å²) < 4.78 is 133. The minimum atomic E-state index is -1.50. The van der Waals surface area contributed by atoms with Gasteiger partial charge in [0.05, 0.1) is 120 Å². The second-order valence-electron chi connectivity index (χ2n) is 32.6. The maximum Gasteiger partial charge on any atom is 0.227 e. The van der Waals surface area contributed by atoms with Crippen molar-refractivity contribution in [2.24, 2.45) is 33.9 Å². The number of aliphatic hydroxyl groups is 2. The molecule has 672 valence electrons. The van der Waals surface area contributed by atoms with Gasteiger partial charge in [-0.15, -0.1) is 0 Å². The van der Waals surface area contributed by atoms with Gasteiger partial charge in [0, 0.05) is 23.0 Å². The minimum Gasteiger partial charge on any atom is -0.374 e. The molecule has 6 aromatic carbocycles. The van der Waals surface area contributed by atoms with Crippen LogP contribution in [0.1, 0.15) is 125 Å². The quantitative estimate of drug-likeness (QED) is 0.0124. The largest absolute Gasteiger partial charge is 0.374 e. The summed E-state index contributed by atoms with van der Waals surface area (Å²) in [5, 5.41) is 37.4. The lowest BCUT2D eigenvalue weighted by Crippen LogP contribution is -2.62. The predicted molar refractivity (Wildman–Crippen MR) is 457 cm³/mol. The first-order valence-corrected chi connectivity index (χ1v) is 43.1. The summed E-state index contributed by atoms with van der Waals surface area (Å²) in [6.07, 6.45) is -15.7. The molecule has 8 aliphatic rings. The Morgan fingerprint density at radius 1 is 0.439 bits per heavy atom. The summed E-state index contributed by atoms with van der Waals surface area (Å²) in [5.41, 5.74) is 25.2. The smallest absolute Gasteiger partial charge is 0.227 e. The lowest BCUT2D eigenvalue weighted by atomic mass is 9.88. The zero-order valence-electron chi connectivity index (χ0n) is 72.6. The normalized spacial score (nSPS) is 34.4. The van der Waals surface area contributed by atoms with Crippen molar-refractivity contribution in [2.75, 3.05) is 26.4 Å². The van der Waals surface area contributed by atoms with E-state index in [1.807, 2.05) is 251 Å². The Balaban J connectivity index is 0.000000218. The number of fused-ring (bicyclic) bond motifs is 2. The van der Waals surface area contributed by atoms with Crippen molar-refractivity contribution in [3.63, 3.8) is 0 Å². The zero-order chi connectivity index (χ0) is 88.7. The highest BCUT2D eigenvalue weighted by Crippen LogP contribution is 2.46. The molecule has 32 heteroatoms. The van der Waals surface area contributed by atoms with E-state index in [0.29, 0.717) is 46.5 Å². The molecule has 8 fully saturated rings. The first kappa shape index (κ1) is 95.7. The third-order valence-corrected chi connectivity index (χ3v) is 23.5. The first-order chi connectivity index (χ1) is 59.6. The summed E-state index contributed by atoms with van der Waals surface area (Å²) in [6, 6.07) is 58.1. The molecule has 14 rings (SSSR count). The fourth-order valence-corrected chi connectivity index (χ4v) is 16.3. The summed E-state index contributed by atoms with van der Waals surface area (Å²) in [7, 11) is 0. The molecule has 0 amide bonds. The van der Waals surface area contributed by atoms with Crippen LogP contribution in [0.4, 0.5) is 0 Å². The molecule has 0 spiro atoms. The van der Waals surface area contributed by atoms with Gasteiger partial charge in [-0.1, -0.05) is 269 Å². The number of alkyl halides is 3. The van der Waals surface area contributed by atoms with Crippen LogP contribution in [0.15, 0.2) is 192 Å². The standard InChI is InChI=1S/2C43H55N3O11.C3H4Cl3N.C2H6/c2*1-26-34(45-46-44)32(24-48-21-29-15-9-6-10-16-29)53-40(47)36(26)54-42-39-38(56-43(4,5)57-39)37(28(3)52-42)55-41-27(2)35(50-23-31-19-13-8-14-20-31)33(25-51-41)49-22-30-17-11-7-12-18-30;1-2(7)3(4,5)6;1-2/h2*6-20,26-28,32-42,47H,21-25H2,1-5H3;7H,1H3;1-2H3/t26?,27?,28?,32?,33-,34-,35?,36?,37+,38?,39?,40+,41+,42+;26?,27?,28?,32?,33-,34-,35?,36?,37+,38?,39?,40-,41+,42+;;/m11../s1/i;;;1D. The first-order valence-electron chi connectivity index (χ1n) is 42.7. The van der Waals surface area contributed by atoms with Crippen molar-refractivity contribution in [3.8, 4) is 0 Å². The molecule has 3 N–H and O–H groups in total. The molecule has 6 aromatic rings. The third-order valence-electron chi connectivity index (χ3n) is 22.6. The molecule has 8 aliphatic heterocycles. The summed E-state index contributed by atoms with van der Waals surface area (Å²) >= 11 is 15.5. The molecule has 16 unspecified atom stereocenters. The van der Waals surface area contributed by atoms with E-state index in [1.165, 1.54) is 6.92 Å². The number of nitrogens with one attached hydrogen (secondary N) is 1. The van der Waals surface area contributed by atoms with Crippen molar-refractivity contribution in [1.29, 1.82) is 5.41 Å². The van der Waals surface area contributed by atoms with Crippen LogP contribution in [0, 0.1) is 29.1 Å². The average Bonchev–Trinajstić information content (AvgIpc) is 1.59. The van der Waals surface area contributed by atoms with Gasteiger partial charge in [0.1, 0.15) is 61.0 Å². The second-order valence-corrected chi connectivity index (χ2v) is 34.9. The van der Waals surface area contributed by atoms with Gasteiger partial charge in [0.25, 0.3) is 0 Å². The Bertz CT molecular complexity index is 3990. The van der Waals surface area contributed by atoms with Gasteiger partial charge in [-0.3, -0.25) is 0 Å². The average molecular weight is 1770 g/mol. The van der Waals surface area contributed by atoms with Crippen LogP contribution in [0.3, 0.4) is 0 Å². The summed E-state index contributed by atoms with van der Waals surface area (Å²) in [6.45, 7) is 25.6. The van der Waals surface area contributed by atoms with Crippen molar-refractivity contribution >= 4 is 40.5 Å². The molecule has 0 saturated carbocycles. The van der Waals surface area contributed by atoms with E-state index in [1.54, 1.807) is 6.92 Å². The SMILES string of the molecule is CC(=N)C(Cl)(Cl)Cl.CC1C(OCc2ccccc2)[C@H](OCc2ccccc2)CO[C@H]1O[C@H]1C(C)O[C@@H](OC2C(C)[C@@H](N=[N+]=[N-])C(COCc3ccccc3)O[C@@H]2O)C2OC(C)(C)OC21.CC1C(OCc2ccccc2)[C@H](OCc2ccccc2)CO[C@H]1O[C@H]1C(C)O[C@@H](OC2C(C)[C@@H](N=[N+]=[N-])C(COCc3ccccc3)O[C@H]2O)C2OC(C)(C)OC21.[2H]CC. The number of nitrogens with zero attached hydrogens (tertiary/aromatic N) is 6. The molecular weight excluding hydrogens is 1650 g/mol. The second kappa shape index (κ2) is 46.5.